The van der Waals surface area contributed by atoms with Gasteiger partial charge in [-0.15, -0.1) is 22.7 Å². The third kappa shape index (κ3) is 6.14. The average Bonchev–Trinajstić information content (AvgIpc) is 3.57. The zero-order valence-corrected chi connectivity index (χ0v) is 25.1. The van der Waals surface area contributed by atoms with Gasteiger partial charge in [-0.3, -0.25) is 15.0 Å². The minimum atomic E-state index is -0.387. The summed E-state index contributed by atoms with van der Waals surface area (Å²) in [5.41, 5.74) is 4.16. The molecule has 3 aromatic carbocycles. The Balaban J connectivity index is 1.26. The van der Waals surface area contributed by atoms with E-state index in [9.17, 15) is 14.9 Å². The zero-order chi connectivity index (χ0) is 29.1. The zero-order valence-electron chi connectivity index (χ0n) is 22.7. The number of carbonyl (C=O) groups is 1. The summed E-state index contributed by atoms with van der Waals surface area (Å²) in [7, 11) is 0. The molecule has 0 saturated carbocycles. The van der Waals surface area contributed by atoms with E-state index in [4.69, 9.17) is 4.74 Å². The second-order valence-electron chi connectivity index (χ2n) is 9.64. The maximum Gasteiger partial charge on any atom is 0.341 e. The summed E-state index contributed by atoms with van der Waals surface area (Å²) in [5.74, 6) is -0.382. The molecule has 0 radical (unpaired) electrons. The first kappa shape index (κ1) is 28.2. The molecule has 42 heavy (non-hydrogen) atoms. The van der Waals surface area contributed by atoms with Gasteiger partial charge in [0.05, 0.1) is 32.2 Å². The van der Waals surface area contributed by atoms with Gasteiger partial charge >= 0.3 is 5.97 Å². The number of hydrogen-bond acceptors (Lipinski definition) is 10. The number of nitrogens with zero attached hydrogens (tertiary/aromatic N) is 4. The summed E-state index contributed by atoms with van der Waals surface area (Å²) in [6, 6.07) is 23.1. The molecule has 0 fully saturated rings. The van der Waals surface area contributed by atoms with Gasteiger partial charge in [0, 0.05) is 36.8 Å². The molecule has 0 N–H and O–H groups in total. The van der Waals surface area contributed by atoms with E-state index in [1.165, 1.54) is 46.1 Å². The molecule has 0 unspecified atom stereocenters. The summed E-state index contributed by atoms with van der Waals surface area (Å²) < 4.78 is 7.17. The number of fused-ring (bicyclic) bond motifs is 2. The first-order chi connectivity index (χ1) is 20.5. The summed E-state index contributed by atoms with van der Waals surface area (Å²) in [5, 5.41) is 12.6. The largest absolute Gasteiger partial charge is 0.462 e. The predicted octanol–water partition coefficient (Wildman–Crippen LogP) is 7.90. The number of carbonyl (C=O) groups excluding carboxylic acids is 1. The van der Waals surface area contributed by atoms with Crippen molar-refractivity contribution in [1.82, 2.24) is 9.88 Å². The molecular formula is C31H26N4O4S3. The van der Waals surface area contributed by atoms with Crippen molar-refractivity contribution in [1.29, 1.82) is 0 Å². The predicted molar refractivity (Wildman–Crippen MR) is 169 cm³/mol. The van der Waals surface area contributed by atoms with E-state index in [0.717, 1.165) is 51.1 Å². The van der Waals surface area contributed by atoms with Crippen molar-refractivity contribution in [2.24, 2.45) is 4.99 Å². The Labute approximate surface area is 254 Å². The Morgan fingerprint density at radius 3 is 2.74 bits per heavy atom. The number of nitro benzene ring substituents is 1. The number of hydrogen-bond donors (Lipinski definition) is 0. The van der Waals surface area contributed by atoms with Crippen LogP contribution in [0.25, 0.3) is 10.2 Å². The highest BCUT2D eigenvalue weighted by molar-refractivity contribution is 8.01. The number of nitro groups is 1. The maximum atomic E-state index is 13.0. The quantitative estimate of drug-likeness (QED) is 0.0720. The number of esters is 1. The number of ether oxygens (including phenoxy) is 1. The number of rotatable bonds is 9. The molecule has 1 aliphatic rings. The molecule has 5 aromatic rings. The summed E-state index contributed by atoms with van der Waals surface area (Å²) in [4.78, 5) is 37.8. The van der Waals surface area contributed by atoms with Crippen molar-refractivity contribution in [2.45, 2.75) is 35.7 Å². The summed E-state index contributed by atoms with van der Waals surface area (Å²) in [6.45, 7) is 4.44. The minimum absolute atomic E-state index is 0.0177. The summed E-state index contributed by atoms with van der Waals surface area (Å²) in [6.07, 6.45) is 2.31. The molecule has 2 aromatic heterocycles. The minimum Gasteiger partial charge on any atom is -0.462 e. The lowest BCUT2D eigenvalue weighted by Crippen LogP contribution is -2.29. The van der Waals surface area contributed by atoms with Crippen LogP contribution in [0.1, 0.15) is 38.8 Å². The van der Waals surface area contributed by atoms with Gasteiger partial charge in [-0.25, -0.2) is 14.8 Å². The lowest BCUT2D eigenvalue weighted by Gasteiger charge is -2.27. The van der Waals surface area contributed by atoms with Gasteiger partial charge in [-0.1, -0.05) is 60.3 Å². The molecule has 8 nitrogen and oxygen atoms in total. The molecule has 212 valence electrons. The Kier molecular flexibility index (Phi) is 8.43. The third-order valence-electron chi connectivity index (χ3n) is 6.83. The van der Waals surface area contributed by atoms with Crippen molar-refractivity contribution < 1.29 is 14.5 Å². The van der Waals surface area contributed by atoms with Crippen LogP contribution < -0.4 is 0 Å². The van der Waals surface area contributed by atoms with Crippen molar-refractivity contribution in [3.8, 4) is 0 Å². The first-order valence-electron chi connectivity index (χ1n) is 13.4. The van der Waals surface area contributed by atoms with E-state index in [2.05, 4.69) is 27.0 Å². The van der Waals surface area contributed by atoms with E-state index < -0.39 is 0 Å². The van der Waals surface area contributed by atoms with E-state index in [0.29, 0.717) is 21.0 Å². The Morgan fingerprint density at radius 2 is 1.95 bits per heavy atom. The molecule has 0 saturated heterocycles. The fraction of sp³-hybridized carbons (Fsp3) is 0.194. The van der Waals surface area contributed by atoms with Gasteiger partial charge in [0.25, 0.3) is 5.69 Å². The van der Waals surface area contributed by atoms with Gasteiger partial charge in [0.15, 0.2) is 4.34 Å². The Morgan fingerprint density at radius 1 is 1.14 bits per heavy atom. The molecular weight excluding hydrogens is 589 g/mol. The first-order valence-corrected chi connectivity index (χ1v) is 15.9. The number of benzene rings is 3. The smallest absolute Gasteiger partial charge is 0.341 e. The van der Waals surface area contributed by atoms with Crippen LogP contribution in [-0.2, 0) is 24.2 Å². The van der Waals surface area contributed by atoms with Crippen molar-refractivity contribution in [2.75, 3.05) is 13.2 Å². The highest BCUT2D eigenvalue weighted by Crippen LogP contribution is 2.41. The van der Waals surface area contributed by atoms with Crippen LogP contribution in [0, 0.1) is 10.1 Å². The molecule has 0 spiro atoms. The molecule has 11 heteroatoms. The molecule has 0 atom stereocenters. The monoisotopic (exact) mass is 614 g/mol. The number of aromatic nitrogens is 1. The second kappa shape index (κ2) is 12.5. The van der Waals surface area contributed by atoms with Gasteiger partial charge in [-0.2, -0.15) is 0 Å². The Bertz CT molecular complexity index is 1770. The topological polar surface area (TPSA) is 97.9 Å². The molecule has 1 aliphatic heterocycles. The van der Waals surface area contributed by atoms with E-state index in [1.54, 1.807) is 25.3 Å². The van der Waals surface area contributed by atoms with Gasteiger partial charge in [0.1, 0.15) is 5.00 Å². The number of thiophene rings is 1. The van der Waals surface area contributed by atoms with Gasteiger partial charge in [-0.05, 0) is 48.2 Å². The van der Waals surface area contributed by atoms with E-state index in [-0.39, 0.29) is 23.2 Å². The van der Waals surface area contributed by atoms with Crippen molar-refractivity contribution >= 4 is 67.5 Å². The molecule has 0 aliphatic carbocycles. The molecule has 0 bridgehead atoms. The fourth-order valence-corrected chi connectivity index (χ4v) is 8.22. The van der Waals surface area contributed by atoms with Crippen molar-refractivity contribution in [3.05, 3.63) is 110 Å². The van der Waals surface area contributed by atoms with Crippen molar-refractivity contribution in [3.63, 3.8) is 0 Å². The SMILES string of the molecule is CCOC(=O)c1c(N=Cc2ccc(Sc3nc4ccccc4s3)c([N+](=O)[O-])c2)sc2c1CCN(Cc1ccccc1)C2. The Hall–Kier alpha value is -3.90. The normalized spacial score (nSPS) is 13.5. The van der Waals surface area contributed by atoms with Gasteiger partial charge in [0.2, 0.25) is 0 Å². The maximum absolute atomic E-state index is 13.0. The highest BCUT2D eigenvalue weighted by atomic mass is 32.2. The molecule has 6 rings (SSSR count). The fourth-order valence-electron chi connectivity index (χ4n) is 4.89. The summed E-state index contributed by atoms with van der Waals surface area (Å²) >= 11 is 4.26. The van der Waals surface area contributed by atoms with E-state index >= 15 is 0 Å². The second-order valence-corrected chi connectivity index (χ2v) is 13.0. The van der Waals surface area contributed by atoms with Crippen LogP contribution in [0.2, 0.25) is 0 Å². The molecule has 3 heterocycles. The van der Waals surface area contributed by atoms with Crippen LogP contribution in [0.3, 0.4) is 0 Å². The van der Waals surface area contributed by atoms with Crippen LogP contribution in [-0.4, -0.2) is 40.1 Å². The highest BCUT2D eigenvalue weighted by Gasteiger charge is 2.29. The number of para-hydroxylation sites is 1. The lowest BCUT2D eigenvalue weighted by atomic mass is 10.0. The number of aliphatic imine (C=N–C) groups is 1. The third-order valence-corrected chi connectivity index (χ3v) is 10.1. The molecule has 0 amide bonds. The van der Waals surface area contributed by atoms with Crippen LogP contribution >= 0.6 is 34.4 Å². The standard InChI is InChI=1S/C31H26N4O4S3/c1-2-39-30(36)28-22-14-15-34(18-20-8-4-3-5-9-20)19-27(22)40-29(28)32-17-21-12-13-26(24(16-21)35(37)38)42-31-33-23-10-6-7-11-25(23)41-31/h3-13,16-17H,2,14-15,18-19H2,1H3. The number of thiazole rings is 1. The lowest BCUT2D eigenvalue weighted by molar-refractivity contribution is -0.387. The average molecular weight is 615 g/mol. The van der Waals surface area contributed by atoms with Crippen LogP contribution in [0.4, 0.5) is 10.7 Å². The van der Waals surface area contributed by atoms with E-state index in [1.807, 2.05) is 42.5 Å². The van der Waals surface area contributed by atoms with Crippen LogP contribution in [0.15, 0.2) is 87.0 Å². The van der Waals surface area contributed by atoms with Gasteiger partial charge < -0.3 is 4.74 Å². The van der Waals surface area contributed by atoms with Crippen LogP contribution in [0.5, 0.6) is 0 Å².